The van der Waals surface area contributed by atoms with Crippen LogP contribution in [0.2, 0.25) is 0 Å². The zero-order chi connectivity index (χ0) is 11.7. The maximum atomic E-state index is 11.4. The molecule has 0 radical (unpaired) electrons. The van der Waals surface area contributed by atoms with E-state index in [1.165, 1.54) is 5.57 Å². The van der Waals surface area contributed by atoms with E-state index >= 15 is 0 Å². The molecule has 17 heavy (non-hydrogen) atoms. The van der Waals surface area contributed by atoms with Crippen LogP contribution in [-0.2, 0) is 0 Å². The number of nitrogens with zero attached hydrogens (tertiary/aromatic N) is 1. The number of fused-ring (bicyclic) bond motifs is 1. The Hall–Kier alpha value is 0.325. The molecule has 86 valence electrons. The van der Waals surface area contributed by atoms with Gasteiger partial charge in [-0.05, 0) is 36.6 Å². The molecule has 0 fully saturated rings. The number of rotatable bonds is 2. The summed E-state index contributed by atoms with van der Waals surface area (Å²) in [4.78, 5) is 1.61. The number of ether oxygens (including phenoxy) is 1. The van der Waals surface area contributed by atoms with Crippen molar-refractivity contribution in [2.24, 2.45) is 0 Å². The zero-order valence-electron chi connectivity index (χ0n) is 10.9. The van der Waals surface area contributed by atoms with Crippen LogP contribution in [0.1, 0.15) is 25.8 Å². The van der Waals surface area contributed by atoms with E-state index in [0.29, 0.717) is 5.75 Å². The predicted octanol–water partition coefficient (Wildman–Crippen LogP) is -1.02. The molecule has 0 amide bonds. The summed E-state index contributed by atoms with van der Waals surface area (Å²) in [5.41, 5.74) is 3.25. The average Bonchev–Trinajstić information content (AvgIpc) is 2.55. The molecule has 1 unspecified atom stereocenters. The van der Waals surface area contributed by atoms with Crippen molar-refractivity contribution >= 4 is 11.3 Å². The standard InChI is InChI=1S/C13H16NO2.Rb/c1-4-5-9(2)10-6-7-12-11(8-10)14(3)13(15)16-12;/h5-8,13H,4H2,1-3H3;/q-1;+1. The Morgan fingerprint density at radius 1 is 1.53 bits per heavy atom. The topological polar surface area (TPSA) is 35.5 Å². The van der Waals surface area contributed by atoms with Gasteiger partial charge in [0.1, 0.15) is 12.2 Å². The summed E-state index contributed by atoms with van der Waals surface area (Å²) >= 11 is 0. The summed E-state index contributed by atoms with van der Waals surface area (Å²) in [5.74, 6) is 0.676. The number of hydrogen-bond donors (Lipinski definition) is 0. The van der Waals surface area contributed by atoms with Gasteiger partial charge in [-0.15, -0.1) is 0 Å². The van der Waals surface area contributed by atoms with Crippen molar-refractivity contribution in [3.8, 4) is 5.75 Å². The van der Waals surface area contributed by atoms with Gasteiger partial charge < -0.3 is 14.7 Å². The third kappa shape index (κ3) is 3.21. The Labute approximate surface area is 151 Å². The molecule has 0 saturated carbocycles. The van der Waals surface area contributed by atoms with Gasteiger partial charge in [0, 0.05) is 7.05 Å². The van der Waals surface area contributed by atoms with Crippen LogP contribution in [-0.4, -0.2) is 13.5 Å². The minimum Gasteiger partial charge on any atom is -0.804 e. The second-order valence-corrected chi connectivity index (χ2v) is 4.01. The average molecular weight is 304 g/mol. The summed E-state index contributed by atoms with van der Waals surface area (Å²) in [6.45, 7) is 4.19. The van der Waals surface area contributed by atoms with Crippen molar-refractivity contribution in [1.82, 2.24) is 0 Å². The molecular weight excluding hydrogens is 288 g/mol. The van der Waals surface area contributed by atoms with E-state index < -0.39 is 6.41 Å². The van der Waals surface area contributed by atoms with E-state index in [2.05, 4.69) is 19.9 Å². The summed E-state index contributed by atoms with van der Waals surface area (Å²) in [5, 5.41) is 11.4. The molecule has 1 heterocycles. The first-order chi connectivity index (χ1) is 7.63. The predicted molar refractivity (Wildman–Crippen MR) is 63.2 cm³/mol. The maximum absolute atomic E-state index is 11.4. The number of benzene rings is 1. The SMILES string of the molecule is CCC=C(C)c1ccc2c(c1)N(C)C([O-])O2.[Rb+]. The van der Waals surface area contributed by atoms with Crippen molar-refractivity contribution < 1.29 is 68.0 Å². The number of anilines is 1. The van der Waals surface area contributed by atoms with Crippen LogP contribution in [0.15, 0.2) is 24.3 Å². The number of hydrogen-bond acceptors (Lipinski definition) is 3. The molecule has 1 aliphatic rings. The maximum Gasteiger partial charge on any atom is 1.00 e. The molecule has 0 saturated heterocycles. The largest absolute Gasteiger partial charge is 1.00 e. The molecule has 1 aromatic carbocycles. The number of allylic oxidation sites excluding steroid dienone is 2. The fourth-order valence-electron chi connectivity index (χ4n) is 1.86. The van der Waals surface area contributed by atoms with Gasteiger partial charge in [0.15, 0.2) is 0 Å². The van der Waals surface area contributed by atoms with Crippen LogP contribution < -0.4 is 72.9 Å². The van der Waals surface area contributed by atoms with Crippen molar-refractivity contribution in [2.45, 2.75) is 26.7 Å². The quantitative estimate of drug-likeness (QED) is 0.701. The molecule has 0 bridgehead atoms. The first-order valence-electron chi connectivity index (χ1n) is 5.50. The van der Waals surface area contributed by atoms with Gasteiger partial charge in [-0.2, -0.15) is 0 Å². The van der Waals surface area contributed by atoms with Crippen LogP contribution in [0.5, 0.6) is 5.75 Å². The smallest absolute Gasteiger partial charge is 0.804 e. The van der Waals surface area contributed by atoms with Gasteiger partial charge in [0.25, 0.3) is 0 Å². The Bertz CT molecular complexity index is 431. The van der Waals surface area contributed by atoms with Crippen molar-refractivity contribution in [2.75, 3.05) is 11.9 Å². The Morgan fingerprint density at radius 2 is 2.24 bits per heavy atom. The van der Waals surface area contributed by atoms with Crippen LogP contribution in [0.4, 0.5) is 5.69 Å². The summed E-state index contributed by atoms with van der Waals surface area (Å²) in [6, 6.07) is 5.87. The second-order valence-electron chi connectivity index (χ2n) is 4.01. The van der Waals surface area contributed by atoms with E-state index in [1.54, 1.807) is 11.9 Å². The van der Waals surface area contributed by atoms with Crippen LogP contribution in [0, 0.1) is 0 Å². The van der Waals surface area contributed by atoms with Crippen molar-refractivity contribution in [1.29, 1.82) is 0 Å². The van der Waals surface area contributed by atoms with E-state index in [9.17, 15) is 5.11 Å². The zero-order valence-corrected chi connectivity index (χ0v) is 15.8. The third-order valence-electron chi connectivity index (χ3n) is 2.85. The molecule has 4 heteroatoms. The van der Waals surface area contributed by atoms with Crippen molar-refractivity contribution in [3.63, 3.8) is 0 Å². The van der Waals surface area contributed by atoms with E-state index in [1.807, 2.05) is 18.2 Å². The summed E-state index contributed by atoms with van der Waals surface area (Å²) in [6.07, 6.45) is 2.08. The first-order valence-corrected chi connectivity index (χ1v) is 5.50. The summed E-state index contributed by atoms with van der Waals surface area (Å²) < 4.78 is 5.16. The van der Waals surface area contributed by atoms with E-state index in [-0.39, 0.29) is 58.2 Å². The molecule has 1 atom stereocenters. The van der Waals surface area contributed by atoms with Gasteiger partial charge in [-0.1, -0.05) is 19.1 Å². The molecule has 2 rings (SSSR count). The van der Waals surface area contributed by atoms with Crippen molar-refractivity contribution in [3.05, 3.63) is 29.8 Å². The third-order valence-corrected chi connectivity index (χ3v) is 2.85. The molecule has 0 aliphatic carbocycles. The van der Waals surface area contributed by atoms with Gasteiger partial charge in [-0.25, -0.2) is 0 Å². The molecule has 0 aromatic heterocycles. The normalized spacial score (nSPS) is 18.5. The molecule has 0 N–H and O–H groups in total. The fraction of sp³-hybridized carbons (Fsp3) is 0.385. The van der Waals surface area contributed by atoms with Gasteiger partial charge in [0.05, 0.1) is 5.69 Å². The van der Waals surface area contributed by atoms with E-state index in [4.69, 9.17) is 4.74 Å². The molecule has 3 nitrogen and oxygen atoms in total. The van der Waals surface area contributed by atoms with Gasteiger partial charge in [-0.3, -0.25) is 0 Å². The minimum absolute atomic E-state index is 0. The Morgan fingerprint density at radius 3 is 2.88 bits per heavy atom. The minimum atomic E-state index is -1.11. The van der Waals surface area contributed by atoms with Crippen LogP contribution >= 0.6 is 0 Å². The summed E-state index contributed by atoms with van der Waals surface area (Å²) in [7, 11) is 1.76. The monoisotopic (exact) mass is 303 g/mol. The molecule has 1 aliphatic heterocycles. The first kappa shape index (κ1) is 15.4. The Kier molecular flexibility index (Phi) is 5.86. The molecular formula is C13H16NO2Rb. The van der Waals surface area contributed by atoms with E-state index in [0.717, 1.165) is 17.7 Å². The Balaban J connectivity index is 0.00000144. The second kappa shape index (κ2) is 6.48. The van der Waals surface area contributed by atoms with Crippen LogP contribution in [0.25, 0.3) is 5.57 Å². The van der Waals surface area contributed by atoms with Gasteiger partial charge >= 0.3 is 58.2 Å². The fourth-order valence-corrected chi connectivity index (χ4v) is 1.86. The van der Waals surface area contributed by atoms with Crippen LogP contribution in [0.3, 0.4) is 0 Å². The molecule has 0 spiro atoms. The molecule has 1 aromatic rings. The van der Waals surface area contributed by atoms with Gasteiger partial charge in [0.2, 0.25) is 0 Å².